The summed E-state index contributed by atoms with van der Waals surface area (Å²) >= 11 is 7.56. The quantitative estimate of drug-likeness (QED) is 0.575. The van der Waals surface area contributed by atoms with Crippen molar-refractivity contribution >= 4 is 34.8 Å². The molecular formula is C22H24N2OS2. The van der Waals surface area contributed by atoms with Gasteiger partial charge in [-0.2, -0.15) is 0 Å². The third kappa shape index (κ3) is 5.49. The summed E-state index contributed by atoms with van der Waals surface area (Å²) in [5, 5.41) is 14.0. The van der Waals surface area contributed by atoms with Crippen LogP contribution in [0.25, 0.3) is 0 Å². The van der Waals surface area contributed by atoms with Gasteiger partial charge >= 0.3 is 0 Å². The van der Waals surface area contributed by atoms with Crippen molar-refractivity contribution in [2.24, 2.45) is 0 Å². The minimum Gasteiger partial charge on any atom is -0.378 e. The molecular weight excluding hydrogens is 372 g/mol. The highest BCUT2D eigenvalue weighted by Crippen LogP contribution is 2.38. The molecule has 1 atom stereocenters. The Balaban J connectivity index is 1.70. The second-order valence-electron chi connectivity index (χ2n) is 7.14. The lowest BCUT2D eigenvalue weighted by molar-refractivity contribution is 0.143. The summed E-state index contributed by atoms with van der Waals surface area (Å²) < 4.78 is 0. The van der Waals surface area contributed by atoms with Crippen LogP contribution in [-0.4, -0.2) is 33.0 Å². The summed E-state index contributed by atoms with van der Waals surface area (Å²) in [6.45, 7) is 6.37. The first-order valence-corrected chi connectivity index (χ1v) is 10.4. The maximum absolute atomic E-state index is 9.73. The van der Waals surface area contributed by atoms with Crippen LogP contribution in [0.5, 0.6) is 0 Å². The molecule has 27 heavy (non-hydrogen) atoms. The van der Waals surface area contributed by atoms with Gasteiger partial charge in [0.15, 0.2) is 5.11 Å². The Hall–Kier alpha value is -2.00. The predicted octanol–water partition coefficient (Wildman–Crippen LogP) is 4.56. The highest BCUT2D eigenvalue weighted by atomic mass is 32.2. The standard InChI is InChI=1S/C22H24N2OS2/c1-16-4-10-19(11-5-16)23-21(26)24-14-15-27-20(24)18-8-6-17(7-9-18)12-13-22(2,3)25/h4-11,20,25H,14-15H2,1-3H3,(H,23,26)/t20-/m1/s1. The molecule has 5 heteroatoms. The van der Waals surface area contributed by atoms with Crippen molar-refractivity contribution in [1.82, 2.24) is 4.90 Å². The molecule has 0 aromatic heterocycles. The first kappa shape index (κ1) is 19.8. The van der Waals surface area contributed by atoms with Crippen molar-refractivity contribution in [1.29, 1.82) is 0 Å². The van der Waals surface area contributed by atoms with Crippen LogP contribution in [0.4, 0.5) is 5.69 Å². The number of aliphatic hydroxyl groups is 1. The van der Waals surface area contributed by atoms with Gasteiger partial charge in [-0.15, -0.1) is 11.8 Å². The first-order chi connectivity index (χ1) is 12.8. The zero-order valence-electron chi connectivity index (χ0n) is 15.8. The van der Waals surface area contributed by atoms with Crippen molar-refractivity contribution in [3.8, 4) is 11.8 Å². The lowest BCUT2D eigenvalue weighted by Gasteiger charge is -2.27. The van der Waals surface area contributed by atoms with Crippen LogP contribution < -0.4 is 5.32 Å². The summed E-state index contributed by atoms with van der Waals surface area (Å²) in [5.41, 5.74) is 3.37. The maximum atomic E-state index is 9.73. The first-order valence-electron chi connectivity index (χ1n) is 8.93. The average Bonchev–Trinajstić information content (AvgIpc) is 3.12. The van der Waals surface area contributed by atoms with E-state index in [-0.39, 0.29) is 5.37 Å². The number of hydrogen-bond donors (Lipinski definition) is 2. The summed E-state index contributed by atoms with van der Waals surface area (Å²) in [7, 11) is 0. The van der Waals surface area contributed by atoms with Gasteiger partial charge in [-0.1, -0.05) is 41.7 Å². The molecule has 2 N–H and O–H groups in total. The molecule has 140 valence electrons. The van der Waals surface area contributed by atoms with Gasteiger partial charge < -0.3 is 15.3 Å². The normalized spacial score (nSPS) is 16.6. The molecule has 0 unspecified atom stereocenters. The molecule has 3 rings (SSSR count). The molecule has 1 heterocycles. The van der Waals surface area contributed by atoms with E-state index in [9.17, 15) is 5.11 Å². The number of anilines is 1. The van der Waals surface area contributed by atoms with Crippen LogP contribution in [-0.2, 0) is 0 Å². The molecule has 0 saturated carbocycles. The number of thioether (sulfide) groups is 1. The van der Waals surface area contributed by atoms with Crippen molar-refractivity contribution < 1.29 is 5.11 Å². The lowest BCUT2D eigenvalue weighted by Crippen LogP contribution is -2.34. The van der Waals surface area contributed by atoms with Crippen molar-refractivity contribution in [2.45, 2.75) is 31.7 Å². The van der Waals surface area contributed by atoms with Crippen molar-refractivity contribution in [3.63, 3.8) is 0 Å². The summed E-state index contributed by atoms with van der Waals surface area (Å²) in [5.74, 6) is 6.90. The molecule has 0 amide bonds. The Labute approximate surface area is 171 Å². The second kappa shape index (κ2) is 8.35. The fourth-order valence-corrected chi connectivity index (χ4v) is 4.39. The van der Waals surface area contributed by atoms with Gasteiger partial charge in [-0.05, 0) is 62.8 Å². The number of nitrogens with zero attached hydrogens (tertiary/aromatic N) is 1. The Bertz CT molecular complexity index is 858. The van der Waals surface area contributed by atoms with E-state index in [1.165, 1.54) is 11.1 Å². The van der Waals surface area contributed by atoms with Crippen LogP contribution in [0.1, 0.15) is 35.9 Å². The Morgan fingerprint density at radius 3 is 2.48 bits per heavy atom. The molecule has 3 nitrogen and oxygen atoms in total. The summed E-state index contributed by atoms with van der Waals surface area (Å²) in [6, 6.07) is 16.5. The number of nitrogens with one attached hydrogen (secondary N) is 1. The molecule has 1 aliphatic heterocycles. The average molecular weight is 397 g/mol. The molecule has 1 saturated heterocycles. The van der Waals surface area contributed by atoms with Crippen LogP contribution in [0.2, 0.25) is 0 Å². The van der Waals surface area contributed by atoms with Gasteiger partial charge in [0.1, 0.15) is 11.0 Å². The van der Waals surface area contributed by atoms with Crippen LogP contribution >= 0.6 is 24.0 Å². The third-order valence-electron chi connectivity index (χ3n) is 4.16. The number of hydrogen-bond acceptors (Lipinski definition) is 3. The van der Waals surface area contributed by atoms with E-state index < -0.39 is 5.60 Å². The zero-order valence-corrected chi connectivity index (χ0v) is 17.5. The number of benzene rings is 2. The van der Waals surface area contributed by atoms with Crippen molar-refractivity contribution in [2.75, 3.05) is 17.6 Å². The van der Waals surface area contributed by atoms with Gasteiger partial charge in [0.2, 0.25) is 0 Å². The second-order valence-corrected chi connectivity index (χ2v) is 8.72. The van der Waals surface area contributed by atoms with E-state index in [0.717, 1.165) is 28.7 Å². The van der Waals surface area contributed by atoms with Gasteiger partial charge in [0.25, 0.3) is 0 Å². The highest BCUT2D eigenvalue weighted by Gasteiger charge is 2.28. The van der Waals surface area contributed by atoms with E-state index in [4.69, 9.17) is 12.2 Å². The fourth-order valence-electron chi connectivity index (χ4n) is 2.74. The number of thiocarbonyl (C=S) groups is 1. The van der Waals surface area contributed by atoms with Gasteiger partial charge in [0.05, 0.1) is 0 Å². The largest absolute Gasteiger partial charge is 0.378 e. The van der Waals surface area contributed by atoms with E-state index in [0.29, 0.717) is 0 Å². The molecule has 0 aliphatic carbocycles. The van der Waals surface area contributed by atoms with Crippen LogP contribution in [0, 0.1) is 18.8 Å². The Morgan fingerprint density at radius 1 is 1.19 bits per heavy atom. The van der Waals surface area contributed by atoms with Crippen molar-refractivity contribution in [3.05, 3.63) is 65.2 Å². The van der Waals surface area contributed by atoms with E-state index in [1.54, 1.807) is 13.8 Å². The summed E-state index contributed by atoms with van der Waals surface area (Å²) in [6.07, 6.45) is 0. The molecule has 0 bridgehead atoms. The molecule has 1 fully saturated rings. The monoisotopic (exact) mass is 396 g/mol. The highest BCUT2D eigenvalue weighted by molar-refractivity contribution is 7.99. The van der Waals surface area contributed by atoms with Crippen LogP contribution in [0.15, 0.2) is 48.5 Å². The predicted molar refractivity (Wildman–Crippen MR) is 119 cm³/mol. The number of rotatable bonds is 2. The smallest absolute Gasteiger partial charge is 0.174 e. The topological polar surface area (TPSA) is 35.5 Å². The maximum Gasteiger partial charge on any atom is 0.174 e. The summed E-state index contributed by atoms with van der Waals surface area (Å²) in [4.78, 5) is 2.23. The SMILES string of the molecule is Cc1ccc(NC(=S)N2CCS[C@@H]2c2ccc(C#CC(C)(C)O)cc2)cc1. The lowest BCUT2D eigenvalue weighted by atomic mass is 10.1. The Morgan fingerprint density at radius 2 is 1.85 bits per heavy atom. The minimum absolute atomic E-state index is 0.201. The zero-order chi connectivity index (χ0) is 19.4. The molecule has 2 aromatic rings. The molecule has 2 aromatic carbocycles. The molecule has 0 spiro atoms. The van der Waals surface area contributed by atoms with E-state index in [2.05, 4.69) is 65.4 Å². The van der Waals surface area contributed by atoms with Gasteiger partial charge in [-0.25, -0.2) is 0 Å². The van der Waals surface area contributed by atoms with Gasteiger partial charge in [0, 0.05) is 23.5 Å². The van der Waals surface area contributed by atoms with E-state index in [1.807, 2.05) is 23.9 Å². The molecule has 1 aliphatic rings. The minimum atomic E-state index is -0.982. The van der Waals surface area contributed by atoms with Crippen LogP contribution in [0.3, 0.4) is 0 Å². The Kier molecular flexibility index (Phi) is 6.11. The fraction of sp³-hybridized carbons (Fsp3) is 0.318. The van der Waals surface area contributed by atoms with Gasteiger partial charge in [-0.3, -0.25) is 0 Å². The number of aryl methyl sites for hydroxylation is 1. The third-order valence-corrected chi connectivity index (χ3v) is 5.76. The van der Waals surface area contributed by atoms with E-state index >= 15 is 0 Å². The molecule has 0 radical (unpaired) electrons.